The van der Waals surface area contributed by atoms with Gasteiger partial charge in [-0.25, -0.2) is 0 Å². The Morgan fingerprint density at radius 2 is 2.50 bits per heavy atom. The molecule has 0 bridgehead atoms. The second-order valence-corrected chi connectivity index (χ2v) is 4.51. The number of nitrogens with one attached hydrogen (secondary N) is 1. The Balaban J connectivity index is 1.73. The molecule has 1 fully saturated rings. The summed E-state index contributed by atoms with van der Waals surface area (Å²) in [5.41, 5.74) is 0.535. The Kier molecular flexibility index (Phi) is 4.01. The fourth-order valence-corrected chi connectivity index (χ4v) is 2.19. The Morgan fingerprint density at radius 1 is 1.62 bits per heavy atom. The fraction of sp³-hybridized carbons (Fsp3) is 0.545. The molecule has 1 atom stereocenters. The van der Waals surface area contributed by atoms with Crippen LogP contribution in [0.3, 0.4) is 0 Å². The third kappa shape index (κ3) is 2.86. The molecule has 1 unspecified atom stereocenters. The smallest absolute Gasteiger partial charge is 0.255 e. The van der Waals surface area contributed by atoms with Gasteiger partial charge >= 0.3 is 0 Å². The second kappa shape index (κ2) is 5.50. The lowest BCUT2D eigenvalue weighted by atomic mass is 10.2. The van der Waals surface area contributed by atoms with Gasteiger partial charge in [-0.2, -0.15) is 0 Å². The summed E-state index contributed by atoms with van der Waals surface area (Å²) in [5.74, 6) is -0.112. The molecule has 1 amide bonds. The van der Waals surface area contributed by atoms with Crippen LogP contribution in [0, 0.1) is 0 Å². The van der Waals surface area contributed by atoms with E-state index in [0.717, 1.165) is 25.9 Å². The number of hydrogen-bond acceptors (Lipinski definition) is 3. The van der Waals surface area contributed by atoms with E-state index in [9.17, 15) is 4.79 Å². The SMILES string of the molecule is O=C(NCCC1CCCO1)c1ccoc1Br. The Bertz CT molecular complexity index is 358. The first-order valence-electron chi connectivity index (χ1n) is 5.40. The zero-order valence-corrected chi connectivity index (χ0v) is 10.5. The third-order valence-corrected chi connectivity index (χ3v) is 3.25. The lowest BCUT2D eigenvalue weighted by Crippen LogP contribution is -2.26. The van der Waals surface area contributed by atoms with Crippen LogP contribution in [0.2, 0.25) is 0 Å². The van der Waals surface area contributed by atoms with E-state index < -0.39 is 0 Å². The number of furan rings is 1. The van der Waals surface area contributed by atoms with E-state index in [1.165, 1.54) is 6.26 Å². The van der Waals surface area contributed by atoms with Gasteiger partial charge in [0.25, 0.3) is 5.91 Å². The summed E-state index contributed by atoms with van der Waals surface area (Å²) >= 11 is 3.17. The highest BCUT2D eigenvalue weighted by Crippen LogP contribution is 2.17. The molecular formula is C11H14BrNO3. The van der Waals surface area contributed by atoms with Crippen molar-refractivity contribution in [2.45, 2.75) is 25.4 Å². The monoisotopic (exact) mass is 287 g/mol. The molecule has 16 heavy (non-hydrogen) atoms. The Morgan fingerprint density at radius 3 is 3.12 bits per heavy atom. The molecule has 1 aromatic heterocycles. The van der Waals surface area contributed by atoms with Crippen LogP contribution in [-0.4, -0.2) is 25.2 Å². The van der Waals surface area contributed by atoms with Crippen molar-refractivity contribution in [3.8, 4) is 0 Å². The molecule has 0 aliphatic carbocycles. The number of rotatable bonds is 4. The van der Waals surface area contributed by atoms with Gasteiger partial charge in [0.1, 0.15) is 0 Å². The number of carbonyl (C=O) groups is 1. The summed E-state index contributed by atoms with van der Waals surface area (Å²) in [6, 6.07) is 1.64. The molecule has 1 saturated heterocycles. The van der Waals surface area contributed by atoms with Crippen LogP contribution in [0.1, 0.15) is 29.6 Å². The zero-order valence-electron chi connectivity index (χ0n) is 8.87. The molecule has 88 valence electrons. The minimum absolute atomic E-state index is 0.112. The second-order valence-electron chi connectivity index (χ2n) is 3.79. The summed E-state index contributed by atoms with van der Waals surface area (Å²) in [5, 5.41) is 2.84. The van der Waals surface area contributed by atoms with Crippen molar-refractivity contribution >= 4 is 21.8 Å². The van der Waals surface area contributed by atoms with E-state index in [-0.39, 0.29) is 5.91 Å². The number of halogens is 1. The van der Waals surface area contributed by atoms with Gasteiger partial charge in [0.2, 0.25) is 0 Å². The lowest BCUT2D eigenvalue weighted by Gasteiger charge is -2.09. The average Bonchev–Trinajstić information content (AvgIpc) is 2.88. The van der Waals surface area contributed by atoms with Gasteiger partial charge in [-0.05, 0) is 41.3 Å². The number of amides is 1. The Labute approximate surface area is 102 Å². The maximum absolute atomic E-state index is 11.7. The van der Waals surface area contributed by atoms with E-state index in [1.807, 2.05) is 0 Å². The summed E-state index contributed by atoms with van der Waals surface area (Å²) < 4.78 is 10.9. The lowest BCUT2D eigenvalue weighted by molar-refractivity contribution is 0.0906. The van der Waals surface area contributed by atoms with Crippen LogP contribution >= 0.6 is 15.9 Å². The fourth-order valence-electron chi connectivity index (χ4n) is 1.77. The van der Waals surface area contributed by atoms with Crippen LogP contribution < -0.4 is 5.32 Å². The number of ether oxygens (including phenoxy) is 1. The minimum atomic E-state index is -0.112. The summed E-state index contributed by atoms with van der Waals surface area (Å²) in [6.45, 7) is 1.49. The first-order chi connectivity index (χ1) is 7.77. The van der Waals surface area contributed by atoms with E-state index in [4.69, 9.17) is 9.15 Å². The van der Waals surface area contributed by atoms with Crippen molar-refractivity contribution < 1.29 is 13.9 Å². The maximum atomic E-state index is 11.7. The first kappa shape index (κ1) is 11.7. The molecule has 2 heterocycles. The summed E-state index contributed by atoms with van der Waals surface area (Å²) in [7, 11) is 0. The molecule has 1 aliphatic rings. The van der Waals surface area contributed by atoms with E-state index >= 15 is 0 Å². The van der Waals surface area contributed by atoms with Crippen LogP contribution in [0.15, 0.2) is 21.4 Å². The van der Waals surface area contributed by atoms with Gasteiger partial charge in [0.15, 0.2) is 4.67 Å². The molecule has 0 spiro atoms. The van der Waals surface area contributed by atoms with Crippen molar-refractivity contribution in [3.63, 3.8) is 0 Å². The molecule has 1 aliphatic heterocycles. The quantitative estimate of drug-likeness (QED) is 0.925. The standard InChI is InChI=1S/C11H14BrNO3/c12-10-9(4-7-16-10)11(14)13-5-3-8-2-1-6-15-8/h4,7-8H,1-3,5-6H2,(H,13,14). The molecule has 1 aromatic rings. The van der Waals surface area contributed by atoms with Crippen molar-refractivity contribution in [2.75, 3.05) is 13.2 Å². The predicted octanol–water partition coefficient (Wildman–Crippen LogP) is 2.34. The normalized spacial score (nSPS) is 19.9. The van der Waals surface area contributed by atoms with Crippen LogP contribution in [0.4, 0.5) is 0 Å². The average molecular weight is 288 g/mol. The maximum Gasteiger partial charge on any atom is 0.255 e. The Hall–Kier alpha value is -0.810. The van der Waals surface area contributed by atoms with Crippen LogP contribution in [0.5, 0.6) is 0 Å². The van der Waals surface area contributed by atoms with Crippen molar-refractivity contribution in [3.05, 3.63) is 22.6 Å². The predicted molar refractivity (Wildman–Crippen MR) is 62.3 cm³/mol. The molecule has 0 radical (unpaired) electrons. The van der Waals surface area contributed by atoms with Crippen LogP contribution in [0.25, 0.3) is 0 Å². The van der Waals surface area contributed by atoms with Gasteiger partial charge in [0, 0.05) is 13.2 Å². The van der Waals surface area contributed by atoms with Crippen molar-refractivity contribution in [1.29, 1.82) is 0 Å². The summed E-state index contributed by atoms with van der Waals surface area (Å²) in [6.07, 6.45) is 4.91. The first-order valence-corrected chi connectivity index (χ1v) is 6.19. The molecule has 4 nitrogen and oxygen atoms in total. The third-order valence-electron chi connectivity index (χ3n) is 2.64. The summed E-state index contributed by atoms with van der Waals surface area (Å²) in [4.78, 5) is 11.7. The van der Waals surface area contributed by atoms with Gasteiger partial charge in [-0.15, -0.1) is 0 Å². The highest BCUT2D eigenvalue weighted by atomic mass is 79.9. The topological polar surface area (TPSA) is 51.5 Å². The van der Waals surface area contributed by atoms with Gasteiger partial charge in [0.05, 0.1) is 17.9 Å². The van der Waals surface area contributed by atoms with Gasteiger partial charge in [-0.3, -0.25) is 4.79 Å². The zero-order chi connectivity index (χ0) is 11.4. The molecule has 2 rings (SSSR count). The number of hydrogen-bond donors (Lipinski definition) is 1. The van der Waals surface area contributed by atoms with E-state index in [2.05, 4.69) is 21.2 Å². The van der Waals surface area contributed by atoms with Gasteiger partial charge in [-0.1, -0.05) is 0 Å². The number of carbonyl (C=O) groups excluding carboxylic acids is 1. The largest absolute Gasteiger partial charge is 0.457 e. The van der Waals surface area contributed by atoms with Crippen LogP contribution in [-0.2, 0) is 4.74 Å². The molecular weight excluding hydrogens is 274 g/mol. The van der Waals surface area contributed by atoms with Crippen molar-refractivity contribution in [1.82, 2.24) is 5.32 Å². The van der Waals surface area contributed by atoms with E-state index in [1.54, 1.807) is 6.07 Å². The van der Waals surface area contributed by atoms with Crippen molar-refractivity contribution in [2.24, 2.45) is 0 Å². The molecule has 1 N–H and O–H groups in total. The van der Waals surface area contributed by atoms with Gasteiger partial charge < -0.3 is 14.5 Å². The molecule has 0 aromatic carbocycles. The highest BCUT2D eigenvalue weighted by molar-refractivity contribution is 9.10. The molecule has 5 heteroatoms. The highest BCUT2D eigenvalue weighted by Gasteiger charge is 2.16. The molecule has 0 saturated carbocycles. The minimum Gasteiger partial charge on any atom is -0.457 e. The van der Waals surface area contributed by atoms with E-state index in [0.29, 0.717) is 22.9 Å².